The monoisotopic (exact) mass is 258 g/mol. The largest absolute Gasteiger partial charge is 0.477 e. The van der Waals surface area contributed by atoms with Gasteiger partial charge in [0.1, 0.15) is 12.8 Å². The van der Waals surface area contributed by atoms with Crippen molar-refractivity contribution in [3.8, 4) is 0 Å². The maximum absolute atomic E-state index is 11.8. The number of aliphatic carboxylic acids is 1. The summed E-state index contributed by atoms with van der Waals surface area (Å²) >= 11 is 0. The van der Waals surface area contributed by atoms with E-state index in [2.05, 4.69) is 9.99 Å². The van der Waals surface area contributed by atoms with Crippen molar-refractivity contribution in [3.05, 3.63) is 11.3 Å². The Morgan fingerprint density at radius 2 is 2.29 bits per heavy atom. The predicted molar refractivity (Wildman–Crippen MR) is 58.4 cm³/mol. The Hall–Kier alpha value is -1.70. The van der Waals surface area contributed by atoms with Crippen LogP contribution in [0.2, 0.25) is 0 Å². The highest BCUT2D eigenvalue weighted by molar-refractivity contribution is 7.87. The minimum Gasteiger partial charge on any atom is -0.477 e. The molecule has 8 heteroatoms. The van der Waals surface area contributed by atoms with Crippen LogP contribution >= 0.6 is 0 Å². The van der Waals surface area contributed by atoms with Crippen LogP contribution in [0.1, 0.15) is 6.92 Å². The Bertz CT molecular complexity index is 496. The van der Waals surface area contributed by atoms with E-state index in [4.69, 9.17) is 5.11 Å². The van der Waals surface area contributed by atoms with Gasteiger partial charge in [-0.1, -0.05) is 5.16 Å². The lowest BCUT2D eigenvalue weighted by atomic mass is 10.1. The zero-order valence-corrected chi connectivity index (χ0v) is 9.98. The Morgan fingerprint density at radius 3 is 2.82 bits per heavy atom. The topological polar surface area (TPSA) is 96.3 Å². The second-order valence-corrected chi connectivity index (χ2v) is 5.14. The SMILES string of the molecule is CO/N=C1/C(=O)N2C(C(=O)O)=C(C)CS(=O)[C@H]12. The molecule has 2 aliphatic heterocycles. The van der Waals surface area contributed by atoms with Gasteiger partial charge in [0.2, 0.25) is 0 Å². The quantitative estimate of drug-likeness (QED) is 0.520. The fourth-order valence-corrected chi connectivity index (χ4v) is 3.44. The van der Waals surface area contributed by atoms with Crippen molar-refractivity contribution in [2.75, 3.05) is 12.9 Å². The van der Waals surface area contributed by atoms with Crippen molar-refractivity contribution in [2.45, 2.75) is 12.3 Å². The smallest absolute Gasteiger partial charge is 0.352 e. The molecule has 0 bridgehead atoms. The highest BCUT2D eigenvalue weighted by atomic mass is 32.2. The highest BCUT2D eigenvalue weighted by Gasteiger charge is 2.54. The molecule has 17 heavy (non-hydrogen) atoms. The molecule has 0 aromatic rings. The molecular formula is C9H10N2O5S. The molecule has 0 radical (unpaired) electrons. The van der Waals surface area contributed by atoms with Crippen molar-refractivity contribution in [1.29, 1.82) is 0 Å². The second kappa shape index (κ2) is 3.95. The fraction of sp³-hybridized carbons (Fsp3) is 0.444. The number of hydrogen-bond acceptors (Lipinski definition) is 5. The van der Waals surface area contributed by atoms with Crippen LogP contribution in [0.4, 0.5) is 0 Å². The van der Waals surface area contributed by atoms with E-state index in [-0.39, 0.29) is 17.2 Å². The Morgan fingerprint density at radius 1 is 1.65 bits per heavy atom. The van der Waals surface area contributed by atoms with E-state index in [1.54, 1.807) is 6.92 Å². The third kappa shape index (κ3) is 1.55. The molecule has 0 aromatic heterocycles. The number of carboxylic acid groups (broad SMARTS) is 1. The molecule has 92 valence electrons. The minimum atomic E-state index is -1.37. The van der Waals surface area contributed by atoms with E-state index in [0.717, 1.165) is 4.90 Å². The van der Waals surface area contributed by atoms with Gasteiger partial charge in [0, 0.05) is 5.75 Å². The molecule has 2 rings (SSSR count). The molecule has 0 aromatic carbocycles. The summed E-state index contributed by atoms with van der Waals surface area (Å²) in [5, 5.41) is 11.7. The summed E-state index contributed by atoms with van der Waals surface area (Å²) in [4.78, 5) is 28.2. The van der Waals surface area contributed by atoms with Gasteiger partial charge in [-0.2, -0.15) is 0 Å². The average molecular weight is 258 g/mol. The minimum absolute atomic E-state index is 0.0112. The molecule has 2 heterocycles. The fourth-order valence-electron chi connectivity index (χ4n) is 1.89. The highest BCUT2D eigenvalue weighted by Crippen LogP contribution is 2.32. The van der Waals surface area contributed by atoms with E-state index in [1.165, 1.54) is 7.11 Å². The summed E-state index contributed by atoms with van der Waals surface area (Å²) in [6.45, 7) is 1.55. The van der Waals surface area contributed by atoms with Gasteiger partial charge in [-0.05, 0) is 12.5 Å². The van der Waals surface area contributed by atoms with Crippen molar-refractivity contribution in [3.63, 3.8) is 0 Å². The van der Waals surface area contributed by atoms with Crippen LogP contribution < -0.4 is 0 Å². The Labute approximate surface area is 99.2 Å². The normalized spacial score (nSPS) is 30.1. The van der Waals surface area contributed by atoms with Crippen LogP contribution in [0.5, 0.6) is 0 Å². The molecular weight excluding hydrogens is 248 g/mol. The summed E-state index contributed by atoms with van der Waals surface area (Å²) < 4.78 is 11.8. The standard InChI is InChI=1S/C9H10N2O5S/c1-4-3-17(15)8-5(10-16-2)7(12)11(8)6(4)9(13)14/h8H,3H2,1-2H3,(H,13,14)/b10-5-/t8-,17?/m1/s1. The lowest BCUT2D eigenvalue weighted by molar-refractivity contribution is -0.139. The van der Waals surface area contributed by atoms with Gasteiger partial charge in [-0.15, -0.1) is 0 Å². The number of carbonyl (C=O) groups excluding carboxylic acids is 1. The maximum Gasteiger partial charge on any atom is 0.352 e. The summed E-state index contributed by atoms with van der Waals surface area (Å²) in [6.07, 6.45) is 0. The summed E-state index contributed by atoms with van der Waals surface area (Å²) in [7, 11) is -0.103. The molecule has 0 saturated carbocycles. The second-order valence-electron chi connectivity index (χ2n) is 3.65. The van der Waals surface area contributed by atoms with E-state index < -0.39 is 28.0 Å². The molecule has 1 saturated heterocycles. The van der Waals surface area contributed by atoms with Gasteiger partial charge >= 0.3 is 5.97 Å². The molecule has 7 nitrogen and oxygen atoms in total. The average Bonchev–Trinajstić information content (AvgIpc) is 2.25. The van der Waals surface area contributed by atoms with E-state index >= 15 is 0 Å². The molecule has 0 aliphatic carbocycles. The molecule has 2 atom stereocenters. The van der Waals surface area contributed by atoms with Crippen LogP contribution in [-0.2, 0) is 25.2 Å². The lowest BCUT2D eigenvalue weighted by Crippen LogP contribution is -2.66. The van der Waals surface area contributed by atoms with Crippen molar-refractivity contribution < 1.29 is 23.7 Å². The van der Waals surface area contributed by atoms with Gasteiger partial charge < -0.3 is 9.94 Å². The van der Waals surface area contributed by atoms with Gasteiger partial charge in [-0.25, -0.2) is 4.79 Å². The number of carbonyl (C=O) groups is 2. The number of hydrogen-bond donors (Lipinski definition) is 1. The number of fused-ring (bicyclic) bond motifs is 1. The van der Waals surface area contributed by atoms with Crippen LogP contribution in [0.3, 0.4) is 0 Å². The first kappa shape index (κ1) is 11.8. The number of nitrogens with zero attached hydrogens (tertiary/aromatic N) is 2. The lowest BCUT2D eigenvalue weighted by Gasteiger charge is -2.43. The van der Waals surface area contributed by atoms with Gasteiger partial charge in [0.25, 0.3) is 5.91 Å². The van der Waals surface area contributed by atoms with Crippen molar-refractivity contribution >= 4 is 28.4 Å². The molecule has 1 amide bonds. The molecule has 1 unspecified atom stereocenters. The van der Waals surface area contributed by atoms with Gasteiger partial charge in [-0.3, -0.25) is 13.9 Å². The molecule has 0 spiro atoms. The first-order valence-corrected chi connectivity index (χ1v) is 6.12. The van der Waals surface area contributed by atoms with Gasteiger partial charge in [0.15, 0.2) is 11.1 Å². The molecule has 2 aliphatic rings. The number of oxime groups is 1. The van der Waals surface area contributed by atoms with Crippen LogP contribution in [0, 0.1) is 0 Å². The molecule has 1 N–H and O–H groups in total. The number of amides is 1. The predicted octanol–water partition coefficient (Wildman–Crippen LogP) is -0.722. The third-order valence-corrected chi connectivity index (χ3v) is 4.20. The van der Waals surface area contributed by atoms with Crippen molar-refractivity contribution in [1.82, 2.24) is 4.90 Å². The van der Waals surface area contributed by atoms with Gasteiger partial charge in [0.05, 0.1) is 10.8 Å². The first-order valence-electron chi connectivity index (χ1n) is 4.73. The van der Waals surface area contributed by atoms with Crippen LogP contribution in [0.15, 0.2) is 16.4 Å². The summed E-state index contributed by atoms with van der Waals surface area (Å²) in [5.41, 5.74) is 0.337. The zero-order valence-electron chi connectivity index (χ0n) is 9.17. The van der Waals surface area contributed by atoms with E-state index in [1.807, 2.05) is 0 Å². The van der Waals surface area contributed by atoms with Crippen LogP contribution in [0.25, 0.3) is 0 Å². The summed E-state index contributed by atoms with van der Waals surface area (Å²) in [5.74, 6) is -1.64. The maximum atomic E-state index is 11.8. The number of β-lactam (4-membered cyclic amide) rings is 1. The Balaban J connectivity index is 2.46. The zero-order chi connectivity index (χ0) is 12.7. The number of rotatable bonds is 2. The van der Waals surface area contributed by atoms with Crippen molar-refractivity contribution in [2.24, 2.45) is 5.16 Å². The summed E-state index contributed by atoms with van der Waals surface area (Å²) in [6, 6.07) is 0. The van der Waals surface area contributed by atoms with E-state index in [0.29, 0.717) is 5.57 Å². The molecule has 1 fully saturated rings. The van der Waals surface area contributed by atoms with E-state index in [9.17, 15) is 13.8 Å². The Kier molecular flexibility index (Phi) is 2.74. The third-order valence-electron chi connectivity index (χ3n) is 2.55. The van der Waals surface area contributed by atoms with Crippen LogP contribution in [-0.4, -0.2) is 50.0 Å². The number of carboxylic acids is 1. The first-order chi connectivity index (χ1) is 7.99.